The number of aliphatic hydroxyl groups excluding tert-OH is 1. The maximum Gasteiger partial charge on any atom is 0.230 e. The quantitative estimate of drug-likeness (QED) is 0.837. The SMILES string of the molecule is CC1(C(=O)Nc2ccccc2C#CCCO)CCCCC1. The Balaban J connectivity index is 2.12. The number of anilines is 1. The van der Waals surface area contributed by atoms with E-state index in [1.165, 1.54) is 6.42 Å². The molecule has 112 valence electrons. The molecule has 0 heterocycles. The summed E-state index contributed by atoms with van der Waals surface area (Å²) < 4.78 is 0. The van der Waals surface area contributed by atoms with Gasteiger partial charge < -0.3 is 10.4 Å². The lowest BCUT2D eigenvalue weighted by molar-refractivity contribution is -0.126. The zero-order valence-electron chi connectivity index (χ0n) is 12.6. The lowest BCUT2D eigenvalue weighted by atomic mass is 9.75. The van der Waals surface area contributed by atoms with E-state index in [2.05, 4.69) is 24.1 Å². The summed E-state index contributed by atoms with van der Waals surface area (Å²) in [6.07, 6.45) is 5.84. The molecule has 3 heteroatoms. The van der Waals surface area contributed by atoms with Crippen LogP contribution in [0, 0.1) is 17.3 Å². The van der Waals surface area contributed by atoms with Crippen LogP contribution in [0.15, 0.2) is 24.3 Å². The number of carbonyl (C=O) groups excluding carboxylic acids is 1. The number of hydrogen-bond donors (Lipinski definition) is 2. The number of nitrogens with one attached hydrogen (secondary N) is 1. The number of para-hydroxylation sites is 1. The highest BCUT2D eigenvalue weighted by Crippen LogP contribution is 2.36. The highest BCUT2D eigenvalue weighted by atomic mass is 16.2. The lowest BCUT2D eigenvalue weighted by Crippen LogP contribution is -2.35. The Kier molecular flexibility index (Phi) is 5.41. The van der Waals surface area contributed by atoms with Crippen LogP contribution in [-0.2, 0) is 4.79 Å². The van der Waals surface area contributed by atoms with Crippen LogP contribution in [0.4, 0.5) is 5.69 Å². The molecule has 0 spiro atoms. The average Bonchev–Trinajstić information content (AvgIpc) is 2.50. The first-order chi connectivity index (χ1) is 10.2. The van der Waals surface area contributed by atoms with Crippen molar-refractivity contribution in [2.75, 3.05) is 11.9 Å². The molecular formula is C18H23NO2. The number of aliphatic hydroxyl groups is 1. The fourth-order valence-electron chi connectivity index (χ4n) is 2.75. The predicted molar refractivity (Wildman–Crippen MR) is 84.8 cm³/mol. The van der Waals surface area contributed by atoms with Crippen LogP contribution in [0.25, 0.3) is 0 Å². The molecule has 0 unspecified atom stereocenters. The molecule has 21 heavy (non-hydrogen) atoms. The first-order valence-electron chi connectivity index (χ1n) is 7.66. The highest BCUT2D eigenvalue weighted by Gasteiger charge is 2.34. The van der Waals surface area contributed by atoms with E-state index in [-0.39, 0.29) is 17.9 Å². The number of hydrogen-bond acceptors (Lipinski definition) is 2. The van der Waals surface area contributed by atoms with E-state index >= 15 is 0 Å². The number of benzene rings is 1. The van der Waals surface area contributed by atoms with Crippen LogP contribution in [0.1, 0.15) is 51.0 Å². The zero-order valence-corrected chi connectivity index (χ0v) is 12.6. The van der Waals surface area contributed by atoms with Gasteiger partial charge in [0.2, 0.25) is 5.91 Å². The number of amides is 1. The van der Waals surface area contributed by atoms with Gasteiger partial charge in [-0.15, -0.1) is 0 Å². The largest absolute Gasteiger partial charge is 0.395 e. The molecule has 1 saturated carbocycles. The van der Waals surface area contributed by atoms with Crippen LogP contribution in [0.3, 0.4) is 0 Å². The molecule has 1 fully saturated rings. The molecule has 0 aliphatic heterocycles. The van der Waals surface area contributed by atoms with Gasteiger partial charge in [-0.05, 0) is 25.0 Å². The van der Waals surface area contributed by atoms with E-state index in [0.717, 1.165) is 36.9 Å². The van der Waals surface area contributed by atoms with Crippen LogP contribution in [0.2, 0.25) is 0 Å². The average molecular weight is 285 g/mol. The second-order valence-corrected chi connectivity index (χ2v) is 5.90. The first-order valence-corrected chi connectivity index (χ1v) is 7.66. The minimum atomic E-state index is -0.260. The fraction of sp³-hybridized carbons (Fsp3) is 0.500. The Hall–Kier alpha value is -1.79. The van der Waals surface area contributed by atoms with E-state index in [9.17, 15) is 4.79 Å². The van der Waals surface area contributed by atoms with Crippen LogP contribution in [-0.4, -0.2) is 17.6 Å². The minimum Gasteiger partial charge on any atom is -0.395 e. The molecule has 1 aliphatic rings. The fourth-order valence-corrected chi connectivity index (χ4v) is 2.75. The third-order valence-corrected chi connectivity index (χ3v) is 4.14. The Morgan fingerprint density at radius 1 is 1.29 bits per heavy atom. The van der Waals surface area contributed by atoms with Crippen molar-refractivity contribution in [2.45, 2.75) is 45.4 Å². The monoisotopic (exact) mass is 285 g/mol. The van der Waals surface area contributed by atoms with Crippen molar-refractivity contribution in [1.82, 2.24) is 0 Å². The summed E-state index contributed by atoms with van der Waals surface area (Å²) in [6.45, 7) is 2.11. The summed E-state index contributed by atoms with van der Waals surface area (Å²) in [5.41, 5.74) is 1.31. The van der Waals surface area contributed by atoms with Gasteiger partial charge in [0.15, 0.2) is 0 Å². The molecule has 1 aliphatic carbocycles. The van der Waals surface area contributed by atoms with Crippen molar-refractivity contribution in [3.8, 4) is 11.8 Å². The van der Waals surface area contributed by atoms with Crippen molar-refractivity contribution in [3.63, 3.8) is 0 Å². The standard InChI is InChI=1S/C18H23NO2/c1-18(12-6-2-7-13-18)17(21)19-16-11-4-3-9-15(16)10-5-8-14-20/h3-4,9,11,20H,2,6-8,12-14H2,1H3,(H,19,21). The number of carbonyl (C=O) groups is 1. The Morgan fingerprint density at radius 3 is 2.71 bits per heavy atom. The summed E-state index contributed by atoms with van der Waals surface area (Å²) in [5.74, 6) is 6.01. The molecule has 2 rings (SSSR count). The van der Waals surface area contributed by atoms with Gasteiger partial charge in [0.1, 0.15) is 0 Å². The van der Waals surface area contributed by atoms with Crippen molar-refractivity contribution < 1.29 is 9.90 Å². The van der Waals surface area contributed by atoms with Crippen molar-refractivity contribution in [3.05, 3.63) is 29.8 Å². The Morgan fingerprint density at radius 2 is 2.00 bits per heavy atom. The van der Waals surface area contributed by atoms with Gasteiger partial charge >= 0.3 is 0 Å². The molecular weight excluding hydrogens is 262 g/mol. The topological polar surface area (TPSA) is 49.3 Å². The Labute approximate surface area is 126 Å². The summed E-state index contributed by atoms with van der Waals surface area (Å²) in [5, 5.41) is 11.8. The van der Waals surface area contributed by atoms with Crippen LogP contribution >= 0.6 is 0 Å². The van der Waals surface area contributed by atoms with E-state index in [1.54, 1.807) is 0 Å². The second-order valence-electron chi connectivity index (χ2n) is 5.90. The second kappa shape index (κ2) is 7.28. The molecule has 0 atom stereocenters. The van der Waals surface area contributed by atoms with Crippen molar-refractivity contribution in [2.24, 2.45) is 5.41 Å². The van der Waals surface area contributed by atoms with Crippen molar-refractivity contribution >= 4 is 11.6 Å². The summed E-state index contributed by atoms with van der Waals surface area (Å²) in [4.78, 5) is 12.6. The maximum absolute atomic E-state index is 12.6. The summed E-state index contributed by atoms with van der Waals surface area (Å²) >= 11 is 0. The minimum absolute atomic E-state index is 0.0552. The van der Waals surface area contributed by atoms with Gasteiger partial charge in [-0.2, -0.15) is 0 Å². The molecule has 1 amide bonds. The molecule has 0 aromatic heterocycles. The lowest BCUT2D eigenvalue weighted by Gasteiger charge is -2.32. The molecule has 0 bridgehead atoms. The molecule has 3 nitrogen and oxygen atoms in total. The van der Waals surface area contributed by atoms with Gasteiger partial charge in [0.05, 0.1) is 12.3 Å². The molecule has 1 aromatic rings. The van der Waals surface area contributed by atoms with Crippen LogP contribution < -0.4 is 5.32 Å². The van der Waals surface area contributed by atoms with Gasteiger partial charge in [-0.3, -0.25) is 4.79 Å². The normalized spacial score (nSPS) is 16.7. The molecule has 1 aromatic carbocycles. The van der Waals surface area contributed by atoms with E-state index < -0.39 is 0 Å². The first kappa shape index (κ1) is 15.6. The van der Waals surface area contributed by atoms with E-state index in [1.807, 2.05) is 24.3 Å². The molecule has 0 radical (unpaired) electrons. The van der Waals surface area contributed by atoms with Gasteiger partial charge in [-0.1, -0.05) is 50.2 Å². The molecule has 2 N–H and O–H groups in total. The Bertz CT molecular complexity index is 548. The van der Waals surface area contributed by atoms with Gasteiger partial charge in [0, 0.05) is 17.4 Å². The third-order valence-electron chi connectivity index (χ3n) is 4.14. The van der Waals surface area contributed by atoms with Gasteiger partial charge in [-0.25, -0.2) is 0 Å². The highest BCUT2D eigenvalue weighted by molar-refractivity contribution is 5.96. The summed E-state index contributed by atoms with van der Waals surface area (Å²) in [7, 11) is 0. The third kappa shape index (κ3) is 4.09. The molecule has 0 saturated heterocycles. The predicted octanol–water partition coefficient (Wildman–Crippen LogP) is 3.33. The van der Waals surface area contributed by atoms with Crippen molar-refractivity contribution in [1.29, 1.82) is 0 Å². The van der Waals surface area contributed by atoms with Gasteiger partial charge in [0.25, 0.3) is 0 Å². The maximum atomic E-state index is 12.6. The van der Waals surface area contributed by atoms with Crippen LogP contribution in [0.5, 0.6) is 0 Å². The van der Waals surface area contributed by atoms with E-state index in [4.69, 9.17) is 5.11 Å². The van der Waals surface area contributed by atoms with E-state index in [0.29, 0.717) is 6.42 Å². The smallest absolute Gasteiger partial charge is 0.230 e. The number of rotatable bonds is 3. The zero-order chi connectivity index (χ0) is 15.1. The summed E-state index contributed by atoms with van der Waals surface area (Å²) in [6, 6.07) is 7.58.